The summed E-state index contributed by atoms with van der Waals surface area (Å²) in [6.07, 6.45) is 1.41. The summed E-state index contributed by atoms with van der Waals surface area (Å²) in [7, 11) is 0. The van der Waals surface area contributed by atoms with E-state index in [0.29, 0.717) is 23.6 Å². The highest BCUT2D eigenvalue weighted by Crippen LogP contribution is 2.21. The molecule has 0 aliphatic rings. The van der Waals surface area contributed by atoms with Gasteiger partial charge in [-0.3, -0.25) is 0 Å². The molecule has 0 aliphatic carbocycles. The van der Waals surface area contributed by atoms with Gasteiger partial charge < -0.3 is 5.73 Å². The molecule has 0 spiro atoms. The van der Waals surface area contributed by atoms with Crippen molar-refractivity contribution in [2.45, 2.75) is 12.8 Å². The molecule has 0 aromatic heterocycles. The van der Waals surface area contributed by atoms with Crippen LogP contribution in [0.1, 0.15) is 11.1 Å². The van der Waals surface area contributed by atoms with E-state index in [0.717, 1.165) is 16.5 Å². The minimum atomic E-state index is -0.183. The lowest BCUT2D eigenvalue weighted by Gasteiger charge is -2.16. The predicted molar refractivity (Wildman–Crippen MR) is 85.5 cm³/mol. The van der Waals surface area contributed by atoms with Gasteiger partial charge in [-0.25, -0.2) is 4.39 Å². The molecule has 0 aliphatic heterocycles. The molecule has 1 unspecified atom stereocenters. The van der Waals surface area contributed by atoms with Gasteiger partial charge >= 0.3 is 0 Å². The van der Waals surface area contributed by atoms with Gasteiger partial charge in [-0.1, -0.05) is 39.7 Å². The van der Waals surface area contributed by atoms with Crippen molar-refractivity contribution < 1.29 is 4.39 Å². The second-order valence-electron chi connectivity index (χ2n) is 4.88. The fraction of sp³-hybridized carbons (Fsp3) is 0.250. The lowest BCUT2D eigenvalue weighted by molar-refractivity contribution is 0.511. The summed E-state index contributed by atoms with van der Waals surface area (Å²) in [5.74, 6) is 0.00927. The van der Waals surface area contributed by atoms with Gasteiger partial charge in [-0.15, -0.1) is 0 Å². The van der Waals surface area contributed by atoms with E-state index in [1.165, 1.54) is 6.07 Å². The molecule has 2 aromatic rings. The van der Waals surface area contributed by atoms with Crippen LogP contribution in [0.25, 0.3) is 0 Å². The van der Waals surface area contributed by atoms with Crippen LogP contribution in [-0.4, -0.2) is 6.54 Å². The van der Waals surface area contributed by atoms with Crippen LogP contribution in [0.15, 0.2) is 46.9 Å². The Balaban J connectivity index is 2.11. The van der Waals surface area contributed by atoms with E-state index in [-0.39, 0.29) is 11.7 Å². The Labute approximate surface area is 132 Å². The average Bonchev–Trinajstić information content (AvgIpc) is 2.42. The van der Waals surface area contributed by atoms with Crippen molar-refractivity contribution in [2.24, 2.45) is 11.7 Å². The molecule has 0 radical (unpaired) electrons. The summed E-state index contributed by atoms with van der Waals surface area (Å²) >= 11 is 9.35. The van der Waals surface area contributed by atoms with Crippen molar-refractivity contribution in [3.05, 3.63) is 68.9 Å². The maximum absolute atomic E-state index is 13.8. The fourth-order valence-corrected chi connectivity index (χ4v) is 2.87. The van der Waals surface area contributed by atoms with Crippen LogP contribution in [0.3, 0.4) is 0 Å². The monoisotopic (exact) mass is 355 g/mol. The zero-order chi connectivity index (χ0) is 14.5. The van der Waals surface area contributed by atoms with E-state index in [9.17, 15) is 4.39 Å². The molecule has 0 heterocycles. The van der Waals surface area contributed by atoms with E-state index < -0.39 is 0 Å². The molecule has 2 aromatic carbocycles. The van der Waals surface area contributed by atoms with E-state index in [1.807, 2.05) is 30.3 Å². The Bertz CT molecular complexity index is 588. The minimum Gasteiger partial charge on any atom is -0.330 e. The molecule has 4 heteroatoms. The summed E-state index contributed by atoms with van der Waals surface area (Å²) in [6.45, 7) is 0.512. The number of rotatable bonds is 5. The van der Waals surface area contributed by atoms with Crippen LogP contribution in [0.5, 0.6) is 0 Å². The second kappa shape index (κ2) is 7.21. The van der Waals surface area contributed by atoms with Crippen molar-refractivity contribution in [1.82, 2.24) is 0 Å². The SMILES string of the molecule is NCC(Cc1cccc(Cl)c1)Cc1cc(Br)ccc1F. The predicted octanol–water partition coefficient (Wildman–Crippen LogP) is 4.60. The molecular formula is C16H16BrClFN. The van der Waals surface area contributed by atoms with Crippen LogP contribution in [0.4, 0.5) is 4.39 Å². The van der Waals surface area contributed by atoms with E-state index in [4.69, 9.17) is 17.3 Å². The van der Waals surface area contributed by atoms with Crippen LogP contribution < -0.4 is 5.73 Å². The Morgan fingerprint density at radius 3 is 2.65 bits per heavy atom. The Morgan fingerprint density at radius 2 is 1.95 bits per heavy atom. The topological polar surface area (TPSA) is 26.0 Å². The number of nitrogens with two attached hydrogens (primary N) is 1. The summed E-state index contributed by atoms with van der Waals surface area (Å²) in [5, 5.41) is 0.715. The first-order valence-electron chi connectivity index (χ1n) is 6.47. The third-order valence-electron chi connectivity index (χ3n) is 3.26. The van der Waals surface area contributed by atoms with Crippen LogP contribution >= 0.6 is 27.5 Å². The summed E-state index contributed by atoms with van der Waals surface area (Å²) in [4.78, 5) is 0. The molecular weight excluding hydrogens is 341 g/mol. The largest absolute Gasteiger partial charge is 0.330 e. The van der Waals surface area contributed by atoms with E-state index in [1.54, 1.807) is 6.07 Å². The Morgan fingerprint density at radius 1 is 1.15 bits per heavy atom. The molecule has 0 amide bonds. The lowest BCUT2D eigenvalue weighted by atomic mass is 9.92. The van der Waals surface area contributed by atoms with Crippen molar-refractivity contribution in [3.63, 3.8) is 0 Å². The lowest BCUT2D eigenvalue weighted by Crippen LogP contribution is -2.20. The Kier molecular flexibility index (Phi) is 5.58. The molecule has 2 rings (SSSR count). The fourth-order valence-electron chi connectivity index (χ4n) is 2.25. The summed E-state index contributed by atoms with van der Waals surface area (Å²) < 4.78 is 14.7. The zero-order valence-electron chi connectivity index (χ0n) is 11.0. The van der Waals surface area contributed by atoms with Crippen LogP contribution in [-0.2, 0) is 12.8 Å². The molecule has 106 valence electrons. The standard InChI is InChI=1S/C16H16BrClFN/c17-14-4-5-16(19)13(9-14)7-12(10-20)6-11-2-1-3-15(18)8-11/h1-5,8-9,12H,6-7,10,20H2. The van der Waals surface area contributed by atoms with Crippen LogP contribution in [0.2, 0.25) is 5.02 Å². The van der Waals surface area contributed by atoms with Gasteiger partial charge in [0, 0.05) is 9.50 Å². The second-order valence-corrected chi connectivity index (χ2v) is 6.23. The normalized spacial score (nSPS) is 12.4. The Hall–Kier alpha value is -0.900. The van der Waals surface area contributed by atoms with Crippen molar-refractivity contribution in [3.8, 4) is 0 Å². The maximum Gasteiger partial charge on any atom is 0.126 e. The van der Waals surface area contributed by atoms with Gasteiger partial charge in [-0.2, -0.15) is 0 Å². The van der Waals surface area contributed by atoms with Crippen molar-refractivity contribution in [1.29, 1.82) is 0 Å². The van der Waals surface area contributed by atoms with Gasteiger partial charge in [0.05, 0.1) is 0 Å². The molecule has 20 heavy (non-hydrogen) atoms. The smallest absolute Gasteiger partial charge is 0.126 e. The van der Waals surface area contributed by atoms with Crippen molar-refractivity contribution >= 4 is 27.5 Å². The molecule has 0 saturated heterocycles. The number of hydrogen-bond donors (Lipinski definition) is 1. The quantitative estimate of drug-likeness (QED) is 0.832. The highest BCUT2D eigenvalue weighted by atomic mass is 79.9. The number of halogens is 3. The van der Waals surface area contributed by atoms with Gasteiger partial charge in [-0.05, 0) is 66.8 Å². The van der Waals surface area contributed by atoms with E-state index >= 15 is 0 Å². The number of benzene rings is 2. The average molecular weight is 357 g/mol. The molecule has 0 fully saturated rings. The maximum atomic E-state index is 13.8. The number of hydrogen-bond acceptors (Lipinski definition) is 1. The first kappa shape index (κ1) is 15.5. The summed E-state index contributed by atoms with van der Waals surface area (Å²) in [6, 6.07) is 12.7. The molecule has 1 atom stereocenters. The third-order valence-corrected chi connectivity index (χ3v) is 3.99. The van der Waals surface area contributed by atoms with Gasteiger partial charge in [0.1, 0.15) is 5.82 Å². The molecule has 2 N–H and O–H groups in total. The minimum absolute atomic E-state index is 0.183. The highest BCUT2D eigenvalue weighted by Gasteiger charge is 2.12. The summed E-state index contributed by atoms with van der Waals surface area (Å²) in [5.41, 5.74) is 7.65. The van der Waals surface area contributed by atoms with Gasteiger partial charge in [0.25, 0.3) is 0 Å². The van der Waals surface area contributed by atoms with Gasteiger partial charge in [0.2, 0.25) is 0 Å². The third kappa shape index (κ3) is 4.30. The zero-order valence-corrected chi connectivity index (χ0v) is 13.3. The molecule has 1 nitrogen and oxygen atoms in total. The molecule has 0 bridgehead atoms. The highest BCUT2D eigenvalue weighted by molar-refractivity contribution is 9.10. The van der Waals surface area contributed by atoms with E-state index in [2.05, 4.69) is 15.9 Å². The first-order valence-corrected chi connectivity index (χ1v) is 7.64. The van der Waals surface area contributed by atoms with Crippen molar-refractivity contribution in [2.75, 3.05) is 6.54 Å². The first-order chi connectivity index (χ1) is 9.58. The molecule has 0 saturated carbocycles. The van der Waals surface area contributed by atoms with Gasteiger partial charge in [0.15, 0.2) is 0 Å². The van der Waals surface area contributed by atoms with Crippen LogP contribution in [0, 0.1) is 11.7 Å².